The lowest BCUT2D eigenvalue weighted by Crippen LogP contribution is -2.37. The topological polar surface area (TPSA) is 79.0 Å². The van der Waals surface area contributed by atoms with E-state index in [0.717, 1.165) is 0 Å². The van der Waals surface area contributed by atoms with Gasteiger partial charge in [-0.3, -0.25) is 4.79 Å². The largest absolute Gasteiger partial charge is 0.378 e. The van der Waals surface area contributed by atoms with Gasteiger partial charge in [0.05, 0.1) is 45.1 Å². The molecule has 1 aliphatic heterocycles. The molecular weight excluding hydrogens is 461 g/mol. The van der Waals surface area contributed by atoms with Crippen LogP contribution in [0.4, 0.5) is 11.4 Å². The molecule has 1 fully saturated rings. The predicted octanol–water partition coefficient (Wildman–Crippen LogP) is 4.11. The number of nitrogens with one attached hydrogen (secondary N) is 1. The van der Waals surface area contributed by atoms with Crippen molar-refractivity contribution in [1.82, 2.24) is 4.31 Å². The van der Waals surface area contributed by atoms with Crippen LogP contribution in [0.3, 0.4) is 0 Å². The summed E-state index contributed by atoms with van der Waals surface area (Å²) in [5.41, 5.74) is 1.31. The molecule has 1 heterocycles. The highest BCUT2D eigenvalue weighted by Gasteiger charge is 2.25. The molecule has 0 aromatic heterocycles. The molecule has 0 atom stereocenters. The SMILES string of the molecule is CCN(CC)S(=O)(=O)c1ccc(N2CCOCC2)c(NC(=O)c2cccc(Cl)c2Cl)c1. The van der Waals surface area contributed by atoms with Gasteiger partial charge in [-0.2, -0.15) is 4.31 Å². The maximum atomic E-state index is 13.0. The van der Waals surface area contributed by atoms with Crippen molar-refractivity contribution in [1.29, 1.82) is 0 Å². The maximum absolute atomic E-state index is 13.0. The minimum absolute atomic E-state index is 0.112. The average molecular weight is 486 g/mol. The summed E-state index contributed by atoms with van der Waals surface area (Å²) in [6.45, 7) is 6.62. The third-order valence-corrected chi connectivity index (χ3v) is 7.97. The van der Waals surface area contributed by atoms with Crippen LogP contribution in [0.1, 0.15) is 24.2 Å². The van der Waals surface area contributed by atoms with Gasteiger partial charge >= 0.3 is 0 Å². The van der Waals surface area contributed by atoms with E-state index >= 15 is 0 Å². The zero-order valence-corrected chi connectivity index (χ0v) is 19.7. The number of hydrogen-bond donors (Lipinski definition) is 1. The van der Waals surface area contributed by atoms with E-state index < -0.39 is 15.9 Å². The Labute approximate surface area is 192 Å². The fourth-order valence-electron chi connectivity index (χ4n) is 3.44. The van der Waals surface area contributed by atoms with Crippen molar-refractivity contribution in [2.24, 2.45) is 0 Å². The molecule has 31 heavy (non-hydrogen) atoms. The maximum Gasteiger partial charge on any atom is 0.257 e. The lowest BCUT2D eigenvalue weighted by molar-refractivity contribution is 0.102. The lowest BCUT2D eigenvalue weighted by atomic mass is 10.2. The van der Waals surface area contributed by atoms with Crippen LogP contribution in [0.2, 0.25) is 10.0 Å². The van der Waals surface area contributed by atoms with Crippen LogP contribution < -0.4 is 10.2 Å². The summed E-state index contributed by atoms with van der Waals surface area (Å²) in [5.74, 6) is -0.473. The number of nitrogens with zero attached hydrogens (tertiary/aromatic N) is 2. The molecule has 0 spiro atoms. The molecule has 0 radical (unpaired) electrons. The normalized spacial score (nSPS) is 14.7. The summed E-state index contributed by atoms with van der Waals surface area (Å²) in [7, 11) is -3.69. The highest BCUT2D eigenvalue weighted by Crippen LogP contribution is 2.32. The van der Waals surface area contributed by atoms with Gasteiger partial charge in [0.1, 0.15) is 0 Å². The van der Waals surface area contributed by atoms with Crippen molar-refractivity contribution >= 4 is 50.5 Å². The van der Waals surface area contributed by atoms with Crippen LogP contribution >= 0.6 is 23.2 Å². The molecule has 10 heteroatoms. The van der Waals surface area contributed by atoms with Gasteiger partial charge in [0.15, 0.2) is 0 Å². The van der Waals surface area contributed by atoms with E-state index in [-0.39, 0.29) is 20.5 Å². The lowest BCUT2D eigenvalue weighted by Gasteiger charge is -2.31. The first kappa shape index (κ1) is 23.8. The molecule has 3 rings (SSSR count). The molecule has 1 amide bonds. The van der Waals surface area contributed by atoms with Crippen LogP contribution in [0.25, 0.3) is 0 Å². The summed E-state index contributed by atoms with van der Waals surface area (Å²) >= 11 is 12.3. The third-order valence-electron chi connectivity index (χ3n) is 5.11. The first-order valence-electron chi connectivity index (χ1n) is 10.0. The second kappa shape index (κ2) is 10.2. The van der Waals surface area contributed by atoms with Gasteiger partial charge in [0, 0.05) is 26.2 Å². The molecule has 2 aromatic rings. The Morgan fingerprint density at radius 3 is 2.45 bits per heavy atom. The van der Waals surface area contributed by atoms with Crippen molar-refractivity contribution in [2.75, 3.05) is 49.6 Å². The molecule has 1 N–H and O–H groups in total. The summed E-state index contributed by atoms with van der Waals surface area (Å²) in [6.07, 6.45) is 0. The number of carbonyl (C=O) groups is 1. The highest BCUT2D eigenvalue weighted by atomic mass is 35.5. The van der Waals surface area contributed by atoms with E-state index in [4.69, 9.17) is 27.9 Å². The van der Waals surface area contributed by atoms with E-state index in [1.165, 1.54) is 10.4 Å². The van der Waals surface area contributed by atoms with Gasteiger partial charge in [-0.1, -0.05) is 43.1 Å². The number of benzene rings is 2. The van der Waals surface area contributed by atoms with E-state index in [2.05, 4.69) is 5.32 Å². The van der Waals surface area contributed by atoms with Crippen molar-refractivity contribution < 1.29 is 17.9 Å². The number of hydrogen-bond acceptors (Lipinski definition) is 5. The summed E-state index contributed by atoms with van der Waals surface area (Å²) < 4.78 is 32.8. The monoisotopic (exact) mass is 485 g/mol. The minimum Gasteiger partial charge on any atom is -0.378 e. The van der Waals surface area contributed by atoms with Crippen molar-refractivity contribution in [2.45, 2.75) is 18.7 Å². The first-order valence-corrected chi connectivity index (χ1v) is 12.2. The number of amides is 1. The van der Waals surface area contributed by atoms with E-state index in [9.17, 15) is 13.2 Å². The second-order valence-electron chi connectivity index (χ2n) is 6.92. The van der Waals surface area contributed by atoms with Crippen LogP contribution in [-0.4, -0.2) is 58.0 Å². The van der Waals surface area contributed by atoms with Gasteiger partial charge < -0.3 is 15.0 Å². The van der Waals surface area contributed by atoms with Crippen LogP contribution in [0.15, 0.2) is 41.3 Å². The Morgan fingerprint density at radius 1 is 1.13 bits per heavy atom. The van der Waals surface area contributed by atoms with Crippen LogP contribution in [-0.2, 0) is 14.8 Å². The number of sulfonamides is 1. The number of morpholine rings is 1. The zero-order valence-electron chi connectivity index (χ0n) is 17.4. The number of anilines is 2. The summed E-state index contributed by atoms with van der Waals surface area (Å²) in [5, 5.41) is 3.24. The average Bonchev–Trinajstić information content (AvgIpc) is 2.76. The quantitative estimate of drug-likeness (QED) is 0.637. The number of halogens is 2. The molecule has 0 unspecified atom stereocenters. The molecule has 168 valence electrons. The van der Waals surface area contributed by atoms with Crippen molar-refractivity contribution in [3.63, 3.8) is 0 Å². The highest BCUT2D eigenvalue weighted by molar-refractivity contribution is 7.89. The standard InChI is InChI=1S/C21H25Cl2N3O4S/c1-3-26(4-2)31(28,29)15-8-9-19(25-10-12-30-13-11-25)18(14-15)24-21(27)16-6-5-7-17(22)20(16)23/h5-9,14H,3-4,10-13H2,1-2H3,(H,24,27). The van der Waals surface area contributed by atoms with Gasteiger partial charge in [0.2, 0.25) is 10.0 Å². The summed E-state index contributed by atoms with van der Waals surface area (Å²) in [4.78, 5) is 15.1. The third kappa shape index (κ3) is 5.15. The van der Waals surface area contributed by atoms with Crippen molar-refractivity contribution in [3.05, 3.63) is 52.0 Å². The number of carbonyl (C=O) groups excluding carboxylic acids is 1. The number of rotatable bonds is 7. The van der Waals surface area contributed by atoms with E-state index in [1.807, 2.05) is 4.90 Å². The van der Waals surface area contributed by atoms with E-state index in [0.29, 0.717) is 50.8 Å². The van der Waals surface area contributed by atoms with E-state index in [1.54, 1.807) is 44.2 Å². The Kier molecular flexibility index (Phi) is 7.82. The first-order chi connectivity index (χ1) is 14.8. The predicted molar refractivity (Wildman–Crippen MR) is 124 cm³/mol. The van der Waals surface area contributed by atoms with Crippen LogP contribution in [0.5, 0.6) is 0 Å². The zero-order chi connectivity index (χ0) is 22.6. The second-order valence-corrected chi connectivity index (χ2v) is 9.65. The minimum atomic E-state index is -3.69. The molecule has 0 saturated carbocycles. The Morgan fingerprint density at radius 2 is 1.81 bits per heavy atom. The Bertz CT molecular complexity index is 1050. The molecule has 1 aliphatic rings. The fourth-order valence-corrected chi connectivity index (χ4v) is 5.31. The van der Waals surface area contributed by atoms with Crippen molar-refractivity contribution in [3.8, 4) is 0 Å². The van der Waals surface area contributed by atoms with Crippen LogP contribution in [0, 0.1) is 0 Å². The molecule has 7 nitrogen and oxygen atoms in total. The van der Waals surface area contributed by atoms with Gasteiger partial charge in [-0.15, -0.1) is 0 Å². The Balaban J connectivity index is 2.03. The smallest absolute Gasteiger partial charge is 0.257 e. The fraction of sp³-hybridized carbons (Fsp3) is 0.381. The number of ether oxygens (including phenoxy) is 1. The Hall–Kier alpha value is -1.84. The van der Waals surface area contributed by atoms with Gasteiger partial charge in [0.25, 0.3) is 5.91 Å². The molecular formula is C21H25Cl2N3O4S. The molecule has 0 bridgehead atoms. The molecule has 1 saturated heterocycles. The van der Waals surface area contributed by atoms with Gasteiger partial charge in [-0.05, 0) is 30.3 Å². The van der Waals surface area contributed by atoms with Gasteiger partial charge in [-0.25, -0.2) is 8.42 Å². The molecule has 2 aromatic carbocycles. The molecule has 0 aliphatic carbocycles. The summed E-state index contributed by atoms with van der Waals surface area (Å²) in [6, 6.07) is 9.57.